The summed E-state index contributed by atoms with van der Waals surface area (Å²) in [6, 6.07) is 7.00. The number of hydrogen-bond donors (Lipinski definition) is 0. The lowest BCUT2D eigenvalue weighted by Crippen LogP contribution is -2.33. The van der Waals surface area contributed by atoms with Crippen molar-refractivity contribution in [3.63, 3.8) is 0 Å². The monoisotopic (exact) mass is 387 g/mol. The summed E-state index contributed by atoms with van der Waals surface area (Å²) in [5, 5.41) is 5.72. The largest absolute Gasteiger partial charge is 0.497 e. The molecule has 0 radical (unpaired) electrons. The van der Waals surface area contributed by atoms with Crippen molar-refractivity contribution in [2.24, 2.45) is 16.0 Å². The van der Waals surface area contributed by atoms with E-state index in [9.17, 15) is 9.59 Å². The van der Waals surface area contributed by atoms with Crippen LogP contribution in [0.25, 0.3) is 0 Å². The predicted molar refractivity (Wildman–Crippen MR) is 105 cm³/mol. The number of carbonyl (C=O) groups excluding carboxylic acids is 2. The molecule has 28 heavy (non-hydrogen) atoms. The maximum Gasteiger partial charge on any atom is 0.311 e. The van der Waals surface area contributed by atoms with Crippen LogP contribution in [0.4, 0.5) is 5.69 Å². The van der Waals surface area contributed by atoms with Crippen LogP contribution >= 0.6 is 0 Å². The van der Waals surface area contributed by atoms with Crippen LogP contribution in [0.2, 0.25) is 0 Å². The summed E-state index contributed by atoms with van der Waals surface area (Å²) in [5.74, 6) is -0.680. The summed E-state index contributed by atoms with van der Waals surface area (Å²) in [4.78, 5) is 29.5. The van der Waals surface area contributed by atoms with Gasteiger partial charge >= 0.3 is 5.97 Å². The first-order valence-corrected chi connectivity index (χ1v) is 9.28. The zero-order valence-electron chi connectivity index (χ0n) is 16.4. The molecule has 0 N–H and O–H groups in total. The van der Waals surface area contributed by atoms with Crippen molar-refractivity contribution in [2.45, 2.75) is 32.3 Å². The van der Waals surface area contributed by atoms with Crippen LogP contribution in [0.15, 0.2) is 34.4 Å². The number of rotatable bonds is 7. The molecule has 1 unspecified atom stereocenters. The molecule has 2 heterocycles. The highest BCUT2D eigenvalue weighted by Gasteiger charge is 2.39. The summed E-state index contributed by atoms with van der Waals surface area (Å²) in [6.07, 6.45) is 2.02. The summed E-state index contributed by atoms with van der Waals surface area (Å²) in [5.41, 5.74) is 1.66. The molecule has 8 heteroatoms. The Morgan fingerprint density at radius 2 is 2.07 bits per heavy atom. The standard InChI is InChI=1S/C20H25N3O5/c1-13(21-12-16-5-4-10-28-16)19-17(11-18(24)27-3)22-23(20(19)25)14-6-8-15(26-2)9-7-14/h6-9,16,19H,4-5,10-12H2,1-3H3/t16-,19?/m0/s1. The fourth-order valence-electron chi connectivity index (χ4n) is 3.31. The fraction of sp³-hybridized carbons (Fsp3) is 0.500. The van der Waals surface area contributed by atoms with E-state index in [1.54, 1.807) is 38.3 Å². The molecule has 3 rings (SSSR count). The first-order valence-electron chi connectivity index (χ1n) is 9.28. The van der Waals surface area contributed by atoms with E-state index in [0.29, 0.717) is 29.4 Å². The first-order chi connectivity index (χ1) is 13.5. The number of methoxy groups -OCH3 is 2. The summed E-state index contributed by atoms with van der Waals surface area (Å²) < 4.78 is 15.5. The minimum Gasteiger partial charge on any atom is -0.497 e. The quantitative estimate of drug-likeness (QED) is 0.529. The van der Waals surface area contributed by atoms with Gasteiger partial charge in [-0.25, -0.2) is 0 Å². The second-order valence-corrected chi connectivity index (χ2v) is 6.74. The van der Waals surface area contributed by atoms with Crippen molar-refractivity contribution in [1.29, 1.82) is 0 Å². The molecule has 1 aromatic carbocycles. The Bertz CT molecular complexity index is 782. The van der Waals surface area contributed by atoms with E-state index < -0.39 is 11.9 Å². The van der Waals surface area contributed by atoms with Gasteiger partial charge in [0.15, 0.2) is 0 Å². The van der Waals surface area contributed by atoms with Gasteiger partial charge in [-0.3, -0.25) is 14.6 Å². The third-order valence-electron chi connectivity index (χ3n) is 4.87. The van der Waals surface area contributed by atoms with Crippen molar-refractivity contribution in [3.8, 4) is 5.75 Å². The smallest absolute Gasteiger partial charge is 0.311 e. The number of carbonyl (C=O) groups is 2. The number of ether oxygens (including phenoxy) is 3. The minimum atomic E-state index is -0.678. The van der Waals surface area contributed by atoms with E-state index >= 15 is 0 Å². The predicted octanol–water partition coefficient (Wildman–Crippen LogP) is 2.22. The molecule has 1 aromatic rings. The van der Waals surface area contributed by atoms with Crippen LogP contribution in [0.3, 0.4) is 0 Å². The van der Waals surface area contributed by atoms with E-state index in [4.69, 9.17) is 14.2 Å². The van der Waals surface area contributed by atoms with Gasteiger partial charge in [0, 0.05) is 12.3 Å². The molecule has 1 fully saturated rings. The van der Waals surface area contributed by atoms with Gasteiger partial charge < -0.3 is 14.2 Å². The lowest BCUT2D eigenvalue weighted by molar-refractivity contribution is -0.139. The number of hydrogen-bond acceptors (Lipinski definition) is 7. The van der Waals surface area contributed by atoms with Crippen LogP contribution in [-0.4, -0.2) is 56.8 Å². The third kappa shape index (κ3) is 4.39. The average Bonchev–Trinajstić information content (AvgIpc) is 3.34. The van der Waals surface area contributed by atoms with E-state index in [1.807, 2.05) is 0 Å². The normalized spacial score (nSPS) is 22.4. The Balaban J connectivity index is 1.83. The number of hydrazone groups is 1. The van der Waals surface area contributed by atoms with E-state index in [1.165, 1.54) is 12.1 Å². The molecule has 2 aliphatic rings. The number of aliphatic imine (C=N–C) groups is 1. The van der Waals surface area contributed by atoms with Gasteiger partial charge in [0.1, 0.15) is 11.7 Å². The molecule has 0 bridgehead atoms. The highest BCUT2D eigenvalue weighted by Crippen LogP contribution is 2.28. The summed E-state index contributed by atoms with van der Waals surface area (Å²) in [7, 11) is 2.89. The van der Waals surface area contributed by atoms with Gasteiger partial charge in [-0.2, -0.15) is 10.1 Å². The van der Waals surface area contributed by atoms with Crippen LogP contribution in [-0.2, 0) is 19.1 Å². The van der Waals surface area contributed by atoms with E-state index in [2.05, 4.69) is 10.1 Å². The maximum absolute atomic E-state index is 13.1. The summed E-state index contributed by atoms with van der Waals surface area (Å²) in [6.45, 7) is 3.05. The second kappa shape index (κ2) is 8.97. The van der Waals surface area contributed by atoms with Crippen molar-refractivity contribution >= 4 is 29.0 Å². The molecule has 2 atom stereocenters. The lowest BCUT2D eigenvalue weighted by atomic mass is 9.96. The Morgan fingerprint density at radius 1 is 1.32 bits per heavy atom. The molecule has 0 spiro atoms. The Labute approximate surface area is 164 Å². The molecule has 1 saturated heterocycles. The molecular weight excluding hydrogens is 362 g/mol. The molecular formula is C20H25N3O5. The second-order valence-electron chi connectivity index (χ2n) is 6.74. The van der Waals surface area contributed by atoms with Gasteiger partial charge in [0.25, 0.3) is 5.91 Å². The Morgan fingerprint density at radius 3 is 2.68 bits per heavy atom. The van der Waals surface area contributed by atoms with Gasteiger partial charge in [-0.15, -0.1) is 0 Å². The molecule has 0 aromatic heterocycles. The molecule has 0 saturated carbocycles. The Kier molecular flexibility index (Phi) is 6.41. The number of benzene rings is 1. The number of amides is 1. The SMILES string of the molecule is COC(=O)CC1=NN(c2ccc(OC)cc2)C(=O)C1C(C)=NC[C@@H]1CCCO1. The highest BCUT2D eigenvalue weighted by molar-refractivity contribution is 6.30. The highest BCUT2D eigenvalue weighted by atomic mass is 16.5. The molecule has 0 aliphatic carbocycles. The van der Waals surface area contributed by atoms with Crippen molar-refractivity contribution in [1.82, 2.24) is 0 Å². The third-order valence-corrected chi connectivity index (χ3v) is 4.87. The van der Waals surface area contributed by atoms with Crippen molar-refractivity contribution in [2.75, 3.05) is 32.4 Å². The average molecular weight is 387 g/mol. The van der Waals surface area contributed by atoms with E-state index in [-0.39, 0.29) is 18.4 Å². The van der Waals surface area contributed by atoms with Crippen LogP contribution < -0.4 is 9.75 Å². The number of anilines is 1. The van der Waals surface area contributed by atoms with Crippen LogP contribution in [0.1, 0.15) is 26.2 Å². The first kappa shape index (κ1) is 20.0. The fourth-order valence-corrected chi connectivity index (χ4v) is 3.31. The van der Waals surface area contributed by atoms with Crippen molar-refractivity contribution in [3.05, 3.63) is 24.3 Å². The maximum atomic E-state index is 13.1. The van der Waals surface area contributed by atoms with Gasteiger partial charge in [-0.1, -0.05) is 0 Å². The molecule has 1 amide bonds. The van der Waals surface area contributed by atoms with Crippen LogP contribution in [0.5, 0.6) is 5.75 Å². The van der Waals surface area contributed by atoms with Gasteiger partial charge in [0.2, 0.25) is 0 Å². The van der Waals surface area contributed by atoms with Crippen molar-refractivity contribution < 1.29 is 23.8 Å². The topological polar surface area (TPSA) is 89.8 Å². The van der Waals surface area contributed by atoms with E-state index in [0.717, 1.165) is 19.4 Å². The number of esters is 1. The zero-order chi connectivity index (χ0) is 20.1. The molecule has 8 nitrogen and oxygen atoms in total. The lowest BCUT2D eigenvalue weighted by Gasteiger charge is -2.15. The Hall–Kier alpha value is -2.74. The zero-order valence-corrected chi connectivity index (χ0v) is 16.4. The number of nitrogens with zero attached hydrogens (tertiary/aromatic N) is 3. The van der Waals surface area contributed by atoms with Crippen LogP contribution in [0, 0.1) is 5.92 Å². The minimum absolute atomic E-state index is 0.0631. The summed E-state index contributed by atoms with van der Waals surface area (Å²) >= 11 is 0. The van der Waals surface area contributed by atoms with Gasteiger partial charge in [-0.05, 0) is 44.0 Å². The molecule has 2 aliphatic heterocycles. The molecule has 150 valence electrons. The van der Waals surface area contributed by atoms with Gasteiger partial charge in [0.05, 0.1) is 44.7 Å².